The van der Waals surface area contributed by atoms with Gasteiger partial charge < -0.3 is 25.0 Å². The minimum absolute atomic E-state index is 0.183. The van der Waals surface area contributed by atoms with Crippen LogP contribution in [0.25, 0.3) is 6.08 Å². The molecule has 39 heavy (non-hydrogen) atoms. The normalized spacial score (nSPS) is 12.4. The molecule has 2 N–H and O–H groups in total. The number of ether oxygens (including phenoxy) is 2. The molecule has 2 rings (SSSR count). The summed E-state index contributed by atoms with van der Waals surface area (Å²) in [6.07, 6.45) is 1.62. The van der Waals surface area contributed by atoms with E-state index in [2.05, 4.69) is 21.9 Å². The highest BCUT2D eigenvalue weighted by Gasteiger charge is 2.36. The zero-order chi connectivity index (χ0) is 29.0. The van der Waals surface area contributed by atoms with Crippen LogP contribution in [0.15, 0.2) is 61.2 Å². The van der Waals surface area contributed by atoms with Gasteiger partial charge in [-0.3, -0.25) is 14.4 Å². The molecule has 0 radical (unpaired) electrons. The van der Waals surface area contributed by atoms with Crippen molar-refractivity contribution in [1.82, 2.24) is 15.5 Å². The Morgan fingerprint density at radius 3 is 2.33 bits per heavy atom. The number of methoxy groups -OCH3 is 1. The smallest absolute Gasteiger partial charge is 0.408 e. The highest BCUT2D eigenvalue weighted by molar-refractivity contribution is 5.93. The first-order valence-corrected chi connectivity index (χ1v) is 12.9. The Labute approximate surface area is 230 Å². The van der Waals surface area contributed by atoms with Gasteiger partial charge in [0.25, 0.3) is 0 Å². The summed E-state index contributed by atoms with van der Waals surface area (Å²) in [5.74, 6) is -1.64. The minimum Gasteiger partial charge on any atom is -0.468 e. The second-order valence-electron chi connectivity index (χ2n) is 9.99. The first-order chi connectivity index (χ1) is 18.5. The summed E-state index contributed by atoms with van der Waals surface area (Å²) in [5.41, 5.74) is 1.35. The maximum Gasteiger partial charge on any atom is 0.408 e. The molecule has 9 heteroatoms. The van der Waals surface area contributed by atoms with Crippen molar-refractivity contribution < 1.29 is 28.7 Å². The van der Waals surface area contributed by atoms with E-state index in [0.717, 1.165) is 11.1 Å². The van der Waals surface area contributed by atoms with E-state index in [9.17, 15) is 19.2 Å². The molecule has 2 aromatic rings. The largest absolute Gasteiger partial charge is 0.468 e. The van der Waals surface area contributed by atoms with Crippen molar-refractivity contribution in [3.05, 3.63) is 77.9 Å². The molecule has 210 valence electrons. The Morgan fingerprint density at radius 1 is 1.05 bits per heavy atom. The average molecular weight is 538 g/mol. The number of esters is 1. The maximum absolute atomic E-state index is 14.2. The number of rotatable bonds is 12. The van der Waals surface area contributed by atoms with Gasteiger partial charge in [-0.15, -0.1) is 0 Å². The number of alkyl carbamates (subject to hydrolysis) is 1. The van der Waals surface area contributed by atoms with Crippen molar-refractivity contribution in [1.29, 1.82) is 0 Å². The topological polar surface area (TPSA) is 114 Å². The molecule has 3 amide bonds. The van der Waals surface area contributed by atoms with Gasteiger partial charge in [0.2, 0.25) is 11.8 Å². The lowest BCUT2D eigenvalue weighted by Crippen LogP contribution is -2.54. The monoisotopic (exact) mass is 537 g/mol. The summed E-state index contributed by atoms with van der Waals surface area (Å²) in [7, 11) is 1.23. The number of amides is 3. The quantitative estimate of drug-likeness (QED) is 0.395. The average Bonchev–Trinajstić information content (AvgIpc) is 2.90. The molecular formula is C30H39N3O6. The van der Waals surface area contributed by atoms with Gasteiger partial charge in [-0.1, -0.05) is 68.1 Å². The standard InChI is InChI=1S/C30H39N3O6/c1-7-17-33(26(27(35)31-20-25(34)38-6)23-16-12-15-21(8-2)18-23)28(36)24(19-22-13-10-9-11-14-22)32-29(37)39-30(3,4)5/h8-16,18,24,26H,2,7,17,19-20H2,1,3-6H3,(H,31,35)(H,32,37). The number of nitrogens with zero attached hydrogens (tertiary/aromatic N) is 1. The van der Waals surface area contributed by atoms with Crippen LogP contribution in [-0.2, 0) is 30.3 Å². The molecule has 0 aromatic heterocycles. The van der Waals surface area contributed by atoms with Crippen molar-refractivity contribution in [2.75, 3.05) is 20.2 Å². The summed E-state index contributed by atoms with van der Waals surface area (Å²) >= 11 is 0. The van der Waals surface area contributed by atoms with E-state index in [1.165, 1.54) is 12.0 Å². The predicted octanol–water partition coefficient (Wildman–Crippen LogP) is 4.03. The summed E-state index contributed by atoms with van der Waals surface area (Å²) in [6, 6.07) is 14.3. The molecule has 0 spiro atoms. The fourth-order valence-corrected chi connectivity index (χ4v) is 3.96. The Morgan fingerprint density at radius 2 is 1.74 bits per heavy atom. The lowest BCUT2D eigenvalue weighted by atomic mass is 9.98. The summed E-state index contributed by atoms with van der Waals surface area (Å²) in [6.45, 7) is 10.7. The van der Waals surface area contributed by atoms with Gasteiger partial charge in [0.1, 0.15) is 24.2 Å². The Hall–Kier alpha value is -4.14. The van der Waals surface area contributed by atoms with Gasteiger partial charge in [-0.05, 0) is 49.9 Å². The van der Waals surface area contributed by atoms with Crippen LogP contribution in [-0.4, -0.2) is 60.6 Å². The molecule has 0 aliphatic carbocycles. The molecule has 0 saturated heterocycles. The highest BCUT2D eigenvalue weighted by Crippen LogP contribution is 2.25. The van der Waals surface area contributed by atoms with E-state index in [4.69, 9.17) is 4.74 Å². The van der Waals surface area contributed by atoms with Gasteiger partial charge in [0.05, 0.1) is 7.11 Å². The van der Waals surface area contributed by atoms with Gasteiger partial charge in [-0.2, -0.15) is 0 Å². The Balaban J connectivity index is 2.53. The van der Waals surface area contributed by atoms with E-state index in [1.807, 2.05) is 43.3 Å². The van der Waals surface area contributed by atoms with Crippen molar-refractivity contribution in [3.8, 4) is 0 Å². The SMILES string of the molecule is C=Cc1cccc(C(C(=O)NCC(=O)OC)N(CCC)C(=O)C(Cc2ccccc2)NC(=O)OC(C)(C)C)c1. The van der Waals surface area contributed by atoms with E-state index in [1.54, 1.807) is 45.0 Å². The van der Waals surface area contributed by atoms with Crippen molar-refractivity contribution in [2.45, 2.75) is 58.2 Å². The highest BCUT2D eigenvalue weighted by atomic mass is 16.6. The van der Waals surface area contributed by atoms with Crippen LogP contribution in [0.1, 0.15) is 56.8 Å². The van der Waals surface area contributed by atoms with Crippen molar-refractivity contribution in [3.63, 3.8) is 0 Å². The van der Waals surface area contributed by atoms with Crippen molar-refractivity contribution >= 4 is 30.0 Å². The second kappa shape index (κ2) is 14.7. The van der Waals surface area contributed by atoms with Crippen LogP contribution in [0.5, 0.6) is 0 Å². The van der Waals surface area contributed by atoms with Crippen LogP contribution in [0, 0.1) is 0 Å². The first-order valence-electron chi connectivity index (χ1n) is 12.9. The zero-order valence-corrected chi connectivity index (χ0v) is 23.4. The molecule has 0 aliphatic rings. The third-order valence-corrected chi connectivity index (χ3v) is 5.68. The number of benzene rings is 2. The summed E-state index contributed by atoms with van der Waals surface area (Å²) in [5, 5.41) is 5.29. The molecule has 2 unspecified atom stereocenters. The fourth-order valence-electron chi connectivity index (χ4n) is 3.96. The number of carbonyl (C=O) groups excluding carboxylic acids is 4. The second-order valence-corrected chi connectivity index (χ2v) is 9.99. The van der Waals surface area contributed by atoms with Crippen LogP contribution in [0.2, 0.25) is 0 Å². The molecular weight excluding hydrogens is 498 g/mol. The molecule has 9 nitrogen and oxygen atoms in total. The van der Waals surface area contributed by atoms with E-state index < -0.39 is 41.6 Å². The number of hydrogen-bond acceptors (Lipinski definition) is 6. The summed E-state index contributed by atoms with van der Waals surface area (Å²) < 4.78 is 10.1. The lowest BCUT2D eigenvalue weighted by Gasteiger charge is -2.34. The Kier molecular flexibility index (Phi) is 11.7. The molecule has 2 atom stereocenters. The Bertz CT molecular complexity index is 1140. The molecule has 2 aromatic carbocycles. The fraction of sp³-hybridized carbons (Fsp3) is 0.400. The van der Waals surface area contributed by atoms with Gasteiger partial charge in [0, 0.05) is 13.0 Å². The third-order valence-electron chi connectivity index (χ3n) is 5.68. The number of carbonyl (C=O) groups is 4. The molecule has 0 fully saturated rings. The maximum atomic E-state index is 14.2. The minimum atomic E-state index is -1.08. The van der Waals surface area contributed by atoms with E-state index >= 15 is 0 Å². The number of hydrogen-bond donors (Lipinski definition) is 2. The van der Waals surface area contributed by atoms with Crippen LogP contribution in [0.3, 0.4) is 0 Å². The number of nitrogens with one attached hydrogen (secondary N) is 2. The van der Waals surface area contributed by atoms with Crippen LogP contribution >= 0.6 is 0 Å². The zero-order valence-electron chi connectivity index (χ0n) is 23.4. The van der Waals surface area contributed by atoms with Gasteiger partial charge >= 0.3 is 12.1 Å². The van der Waals surface area contributed by atoms with E-state index in [-0.39, 0.29) is 19.5 Å². The van der Waals surface area contributed by atoms with E-state index in [0.29, 0.717) is 12.0 Å². The summed E-state index contributed by atoms with van der Waals surface area (Å²) in [4.78, 5) is 53.7. The first kappa shape index (κ1) is 31.1. The van der Waals surface area contributed by atoms with Crippen LogP contribution in [0.4, 0.5) is 4.79 Å². The van der Waals surface area contributed by atoms with Gasteiger partial charge in [0.15, 0.2) is 0 Å². The van der Waals surface area contributed by atoms with Gasteiger partial charge in [-0.25, -0.2) is 4.79 Å². The lowest BCUT2D eigenvalue weighted by molar-refractivity contribution is -0.144. The molecule has 0 bridgehead atoms. The third kappa shape index (κ3) is 9.92. The van der Waals surface area contributed by atoms with Crippen LogP contribution < -0.4 is 10.6 Å². The predicted molar refractivity (Wildman–Crippen MR) is 150 cm³/mol. The molecule has 0 saturated carbocycles. The molecule has 0 heterocycles. The van der Waals surface area contributed by atoms with Crippen molar-refractivity contribution in [2.24, 2.45) is 0 Å². The molecule has 0 aliphatic heterocycles.